The van der Waals surface area contributed by atoms with Crippen molar-refractivity contribution in [1.82, 2.24) is 4.90 Å². The summed E-state index contributed by atoms with van der Waals surface area (Å²) >= 11 is 0. The zero-order valence-electron chi connectivity index (χ0n) is 20.8. The smallest absolute Gasteiger partial charge is 0.0928 e. The lowest BCUT2D eigenvalue weighted by Gasteiger charge is -2.46. The second-order valence-corrected chi connectivity index (χ2v) is 9.97. The molecule has 3 aromatic carbocycles. The molecule has 2 aliphatic rings. The van der Waals surface area contributed by atoms with Gasteiger partial charge in [0.2, 0.25) is 0 Å². The van der Waals surface area contributed by atoms with Crippen molar-refractivity contribution in [3.05, 3.63) is 96.6 Å². The van der Waals surface area contributed by atoms with Crippen molar-refractivity contribution in [2.45, 2.75) is 37.3 Å². The molecule has 5 rings (SSSR count). The third-order valence-electron chi connectivity index (χ3n) is 8.11. The number of rotatable bonds is 6. The van der Waals surface area contributed by atoms with Crippen LogP contribution in [-0.2, 0) is 10.3 Å². The number of piperazine rings is 1. The molecule has 1 saturated carbocycles. The Kier molecular flexibility index (Phi) is 6.94. The second-order valence-electron chi connectivity index (χ2n) is 9.97. The van der Waals surface area contributed by atoms with Gasteiger partial charge in [0.05, 0.1) is 5.60 Å². The molecular weight excluding hydrogens is 430 g/mol. The Morgan fingerprint density at radius 1 is 0.829 bits per heavy atom. The van der Waals surface area contributed by atoms with E-state index in [2.05, 4.69) is 83.1 Å². The SMILES string of the molecule is C=C(N)c1ccc(-c2ccc(N3CCN(C4CCC(OC)(c5ccccc5)CC4)CC3)cc2)cc1. The monoisotopic (exact) mass is 467 g/mol. The molecule has 1 heterocycles. The van der Waals surface area contributed by atoms with E-state index in [0.717, 1.165) is 44.6 Å². The average Bonchev–Trinajstić information content (AvgIpc) is 2.94. The van der Waals surface area contributed by atoms with Crippen molar-refractivity contribution < 1.29 is 4.74 Å². The van der Waals surface area contributed by atoms with E-state index >= 15 is 0 Å². The molecule has 182 valence electrons. The number of nitrogens with two attached hydrogens (primary N) is 1. The summed E-state index contributed by atoms with van der Waals surface area (Å²) in [6, 6.07) is 28.7. The van der Waals surface area contributed by atoms with Gasteiger partial charge in [-0.05, 0) is 60.1 Å². The molecule has 0 atom stereocenters. The summed E-state index contributed by atoms with van der Waals surface area (Å²) in [6.07, 6.45) is 4.60. The number of hydrogen-bond donors (Lipinski definition) is 1. The van der Waals surface area contributed by atoms with Crippen molar-refractivity contribution in [2.24, 2.45) is 5.73 Å². The Balaban J connectivity index is 1.15. The Morgan fingerprint density at radius 3 is 1.94 bits per heavy atom. The summed E-state index contributed by atoms with van der Waals surface area (Å²) in [4.78, 5) is 5.23. The maximum atomic E-state index is 6.10. The molecule has 0 radical (unpaired) electrons. The number of nitrogens with zero attached hydrogens (tertiary/aromatic N) is 2. The molecule has 2 N–H and O–H groups in total. The van der Waals surface area contributed by atoms with E-state index in [1.54, 1.807) is 0 Å². The standard InChI is InChI=1S/C31H37N3O/c1-24(32)25-8-10-26(11-9-25)27-12-14-29(15-13-27)33-20-22-34(23-21-33)30-16-18-31(35-2,19-17-30)28-6-4-3-5-7-28/h3-15,30H,1,16-23,32H2,2H3. The number of benzene rings is 3. The molecule has 0 unspecified atom stereocenters. The van der Waals surface area contributed by atoms with Gasteiger partial charge in [0, 0.05) is 50.7 Å². The van der Waals surface area contributed by atoms with Crippen LogP contribution >= 0.6 is 0 Å². The first-order chi connectivity index (χ1) is 17.1. The molecule has 0 amide bonds. The molecule has 2 fully saturated rings. The third kappa shape index (κ3) is 5.00. The van der Waals surface area contributed by atoms with Crippen LogP contribution in [0, 0.1) is 0 Å². The Hall–Kier alpha value is -3.08. The van der Waals surface area contributed by atoms with Crippen molar-refractivity contribution in [3.8, 4) is 11.1 Å². The molecule has 1 aliphatic carbocycles. The van der Waals surface area contributed by atoms with Gasteiger partial charge >= 0.3 is 0 Å². The summed E-state index contributed by atoms with van der Waals surface area (Å²) in [5.74, 6) is 0. The van der Waals surface area contributed by atoms with Crippen molar-refractivity contribution in [2.75, 3.05) is 38.2 Å². The van der Waals surface area contributed by atoms with E-state index in [0.29, 0.717) is 11.7 Å². The molecule has 35 heavy (non-hydrogen) atoms. The molecule has 4 nitrogen and oxygen atoms in total. The summed E-state index contributed by atoms with van der Waals surface area (Å²) in [6.45, 7) is 8.23. The summed E-state index contributed by atoms with van der Waals surface area (Å²) in [7, 11) is 1.88. The molecule has 1 aliphatic heterocycles. The molecule has 4 heteroatoms. The fourth-order valence-electron chi connectivity index (χ4n) is 5.87. The molecular formula is C31H37N3O. The highest BCUT2D eigenvalue weighted by molar-refractivity contribution is 5.69. The van der Waals surface area contributed by atoms with Gasteiger partial charge in [-0.25, -0.2) is 0 Å². The van der Waals surface area contributed by atoms with Gasteiger partial charge in [0.15, 0.2) is 0 Å². The van der Waals surface area contributed by atoms with E-state index in [4.69, 9.17) is 10.5 Å². The molecule has 1 saturated heterocycles. The van der Waals surface area contributed by atoms with Crippen LogP contribution < -0.4 is 10.6 Å². The van der Waals surface area contributed by atoms with Gasteiger partial charge in [0.25, 0.3) is 0 Å². The van der Waals surface area contributed by atoms with Crippen LogP contribution in [0.3, 0.4) is 0 Å². The van der Waals surface area contributed by atoms with Gasteiger partial charge in [-0.3, -0.25) is 4.90 Å². The van der Waals surface area contributed by atoms with Crippen molar-refractivity contribution >= 4 is 11.4 Å². The Morgan fingerprint density at radius 2 is 1.40 bits per heavy atom. The minimum Gasteiger partial charge on any atom is -0.399 e. The van der Waals surface area contributed by atoms with Gasteiger partial charge in [-0.1, -0.05) is 73.3 Å². The number of anilines is 1. The topological polar surface area (TPSA) is 41.7 Å². The quantitative estimate of drug-likeness (QED) is 0.491. The van der Waals surface area contributed by atoms with Crippen LogP contribution in [0.15, 0.2) is 85.4 Å². The van der Waals surface area contributed by atoms with Gasteiger partial charge in [0.1, 0.15) is 0 Å². The average molecular weight is 468 g/mol. The first-order valence-corrected chi connectivity index (χ1v) is 12.8. The predicted octanol–water partition coefficient (Wildman–Crippen LogP) is 5.89. The van der Waals surface area contributed by atoms with E-state index in [-0.39, 0.29) is 5.60 Å². The van der Waals surface area contributed by atoms with Gasteiger partial charge in [-0.15, -0.1) is 0 Å². The highest BCUT2D eigenvalue weighted by Gasteiger charge is 2.39. The highest BCUT2D eigenvalue weighted by atomic mass is 16.5. The third-order valence-corrected chi connectivity index (χ3v) is 8.11. The summed E-state index contributed by atoms with van der Waals surface area (Å²) < 4.78 is 6.10. The van der Waals surface area contributed by atoms with Crippen molar-refractivity contribution in [3.63, 3.8) is 0 Å². The lowest BCUT2D eigenvalue weighted by Crippen LogP contribution is -2.52. The Bertz CT molecular complexity index is 1110. The summed E-state index contributed by atoms with van der Waals surface area (Å²) in [5, 5.41) is 0. The van der Waals surface area contributed by atoms with Gasteiger partial charge in [-0.2, -0.15) is 0 Å². The minimum atomic E-state index is -0.111. The first-order valence-electron chi connectivity index (χ1n) is 12.8. The molecule has 0 aromatic heterocycles. The van der Waals surface area contributed by atoms with E-state index < -0.39 is 0 Å². The fraction of sp³-hybridized carbons (Fsp3) is 0.355. The number of ether oxygens (including phenoxy) is 1. The predicted molar refractivity (Wildman–Crippen MR) is 146 cm³/mol. The normalized spacial score (nSPS) is 23.2. The fourth-order valence-corrected chi connectivity index (χ4v) is 5.87. The first kappa shape index (κ1) is 23.7. The van der Waals surface area contributed by atoms with E-state index in [1.807, 2.05) is 19.2 Å². The minimum absolute atomic E-state index is 0.111. The maximum absolute atomic E-state index is 6.10. The van der Waals surface area contributed by atoms with Crippen LogP contribution in [0.1, 0.15) is 36.8 Å². The molecule has 3 aromatic rings. The highest BCUT2D eigenvalue weighted by Crippen LogP contribution is 2.41. The van der Waals surface area contributed by atoms with Crippen LogP contribution in [0.25, 0.3) is 16.8 Å². The zero-order valence-corrected chi connectivity index (χ0v) is 20.8. The maximum Gasteiger partial charge on any atom is 0.0928 e. The molecule has 0 spiro atoms. The van der Waals surface area contributed by atoms with E-state index in [1.165, 1.54) is 35.2 Å². The van der Waals surface area contributed by atoms with Crippen molar-refractivity contribution in [1.29, 1.82) is 0 Å². The largest absolute Gasteiger partial charge is 0.399 e. The van der Waals surface area contributed by atoms with Crippen LogP contribution in [0.4, 0.5) is 5.69 Å². The van der Waals surface area contributed by atoms with Crippen LogP contribution in [0.5, 0.6) is 0 Å². The lowest BCUT2D eigenvalue weighted by atomic mass is 9.77. The van der Waals surface area contributed by atoms with Crippen LogP contribution in [0.2, 0.25) is 0 Å². The number of methoxy groups -OCH3 is 1. The Labute approximate surface area is 210 Å². The molecule has 0 bridgehead atoms. The second kappa shape index (κ2) is 10.3. The summed E-state index contributed by atoms with van der Waals surface area (Å²) in [5.41, 5.74) is 12.3. The van der Waals surface area contributed by atoms with Crippen LogP contribution in [-0.4, -0.2) is 44.2 Å². The van der Waals surface area contributed by atoms with Gasteiger partial charge < -0.3 is 15.4 Å². The lowest BCUT2D eigenvalue weighted by molar-refractivity contribution is -0.0614. The zero-order chi connectivity index (χ0) is 24.3. The van der Waals surface area contributed by atoms with E-state index in [9.17, 15) is 0 Å². The number of hydrogen-bond acceptors (Lipinski definition) is 4.